The standard InChI is InChI=1S/C17H28N2O/c1-2-12-3-4-18-16(12)17(20)19-15-13-6-10-5-11(8-13)9-14(15)7-10/h10-16,18H,2-9H2,1H3,(H,19,20)/t10?,11?,12-,13?,14?,15?,16-/m0/s1. The van der Waals surface area contributed by atoms with Gasteiger partial charge in [0.25, 0.3) is 0 Å². The summed E-state index contributed by atoms with van der Waals surface area (Å²) in [7, 11) is 0. The molecule has 4 bridgehead atoms. The second kappa shape index (κ2) is 5.01. The van der Waals surface area contributed by atoms with Crippen LogP contribution in [0.1, 0.15) is 51.9 Å². The topological polar surface area (TPSA) is 41.1 Å². The third-order valence-corrected chi connectivity index (χ3v) is 6.69. The van der Waals surface area contributed by atoms with E-state index in [1.807, 2.05) is 0 Å². The molecule has 4 saturated carbocycles. The van der Waals surface area contributed by atoms with Crippen LogP contribution in [0.2, 0.25) is 0 Å². The lowest BCUT2D eigenvalue weighted by molar-refractivity contribution is -0.127. The van der Waals surface area contributed by atoms with E-state index < -0.39 is 0 Å². The van der Waals surface area contributed by atoms with Crippen LogP contribution in [0.3, 0.4) is 0 Å². The maximum Gasteiger partial charge on any atom is 0.237 e. The Hall–Kier alpha value is -0.570. The molecule has 2 atom stereocenters. The molecule has 4 aliphatic carbocycles. The molecule has 0 aromatic carbocycles. The van der Waals surface area contributed by atoms with Crippen LogP contribution in [0.4, 0.5) is 0 Å². The Balaban J connectivity index is 1.43. The molecular weight excluding hydrogens is 248 g/mol. The monoisotopic (exact) mass is 276 g/mol. The maximum atomic E-state index is 12.6. The van der Waals surface area contributed by atoms with Crippen LogP contribution in [-0.4, -0.2) is 24.5 Å². The summed E-state index contributed by atoms with van der Waals surface area (Å²) in [4.78, 5) is 12.6. The van der Waals surface area contributed by atoms with Crippen LogP contribution in [0.15, 0.2) is 0 Å². The fourth-order valence-corrected chi connectivity index (χ4v) is 5.92. The van der Waals surface area contributed by atoms with Gasteiger partial charge in [0.1, 0.15) is 0 Å². The van der Waals surface area contributed by atoms with E-state index in [2.05, 4.69) is 17.6 Å². The number of amides is 1. The summed E-state index contributed by atoms with van der Waals surface area (Å²) < 4.78 is 0. The summed E-state index contributed by atoms with van der Waals surface area (Å²) in [6.07, 6.45) is 9.29. The lowest BCUT2D eigenvalue weighted by Crippen LogP contribution is -2.58. The van der Waals surface area contributed by atoms with Gasteiger partial charge in [-0.3, -0.25) is 4.79 Å². The average molecular weight is 276 g/mol. The molecule has 0 unspecified atom stereocenters. The van der Waals surface area contributed by atoms with Crippen LogP contribution in [0.25, 0.3) is 0 Å². The van der Waals surface area contributed by atoms with Gasteiger partial charge in [0.15, 0.2) is 0 Å². The molecule has 0 radical (unpaired) electrons. The number of nitrogens with one attached hydrogen (secondary N) is 2. The van der Waals surface area contributed by atoms with Gasteiger partial charge in [0, 0.05) is 6.04 Å². The molecule has 1 heterocycles. The summed E-state index contributed by atoms with van der Waals surface area (Å²) in [6.45, 7) is 3.22. The first kappa shape index (κ1) is 13.1. The maximum absolute atomic E-state index is 12.6. The second-order valence-electron chi connectivity index (χ2n) is 7.85. The van der Waals surface area contributed by atoms with E-state index in [1.165, 1.54) is 32.1 Å². The number of rotatable bonds is 3. The summed E-state index contributed by atoms with van der Waals surface area (Å²) >= 11 is 0. The van der Waals surface area contributed by atoms with Crippen molar-refractivity contribution < 1.29 is 4.79 Å². The highest BCUT2D eigenvalue weighted by molar-refractivity contribution is 5.82. The third-order valence-electron chi connectivity index (χ3n) is 6.69. The van der Waals surface area contributed by atoms with Crippen LogP contribution in [-0.2, 0) is 4.79 Å². The van der Waals surface area contributed by atoms with Crippen molar-refractivity contribution in [3.05, 3.63) is 0 Å². The SMILES string of the molecule is CC[C@H]1CCN[C@@H]1C(=O)NC1C2CC3CC(C2)CC1C3. The molecule has 3 heteroatoms. The molecule has 0 spiro atoms. The highest BCUT2D eigenvalue weighted by atomic mass is 16.2. The average Bonchev–Trinajstić information content (AvgIpc) is 2.90. The molecule has 1 saturated heterocycles. The highest BCUT2D eigenvalue weighted by Gasteiger charge is 2.49. The lowest BCUT2D eigenvalue weighted by atomic mass is 9.54. The number of carbonyl (C=O) groups is 1. The molecule has 0 aromatic rings. The van der Waals surface area contributed by atoms with Gasteiger partial charge in [-0.1, -0.05) is 13.3 Å². The van der Waals surface area contributed by atoms with E-state index in [9.17, 15) is 4.79 Å². The molecule has 112 valence electrons. The summed E-state index contributed by atoms with van der Waals surface area (Å²) in [5.41, 5.74) is 0. The van der Waals surface area contributed by atoms with E-state index in [4.69, 9.17) is 0 Å². The Morgan fingerprint density at radius 1 is 1.10 bits per heavy atom. The Morgan fingerprint density at radius 3 is 2.35 bits per heavy atom. The molecule has 3 nitrogen and oxygen atoms in total. The van der Waals surface area contributed by atoms with Crippen molar-refractivity contribution in [1.29, 1.82) is 0 Å². The zero-order chi connectivity index (χ0) is 13.7. The Bertz CT molecular complexity index is 366. The molecule has 20 heavy (non-hydrogen) atoms. The third kappa shape index (κ3) is 2.09. The lowest BCUT2D eigenvalue weighted by Gasteiger charge is -2.54. The van der Waals surface area contributed by atoms with Gasteiger partial charge in [-0.15, -0.1) is 0 Å². The van der Waals surface area contributed by atoms with Gasteiger partial charge >= 0.3 is 0 Å². The van der Waals surface area contributed by atoms with E-state index in [0.717, 1.165) is 43.1 Å². The number of hydrogen-bond acceptors (Lipinski definition) is 2. The van der Waals surface area contributed by atoms with Crippen LogP contribution < -0.4 is 10.6 Å². The summed E-state index contributed by atoms with van der Waals surface area (Å²) in [6, 6.07) is 0.576. The van der Waals surface area contributed by atoms with Crippen LogP contribution >= 0.6 is 0 Å². The first-order chi connectivity index (χ1) is 9.74. The second-order valence-corrected chi connectivity index (χ2v) is 7.85. The van der Waals surface area contributed by atoms with Crippen LogP contribution in [0, 0.1) is 29.6 Å². The van der Waals surface area contributed by atoms with E-state index >= 15 is 0 Å². The van der Waals surface area contributed by atoms with Gasteiger partial charge < -0.3 is 10.6 Å². The van der Waals surface area contributed by atoms with E-state index in [0.29, 0.717) is 17.9 Å². The molecule has 1 aliphatic heterocycles. The predicted molar refractivity (Wildman–Crippen MR) is 79.2 cm³/mol. The predicted octanol–water partition coefficient (Wildman–Crippen LogP) is 2.32. The van der Waals surface area contributed by atoms with Gasteiger partial charge in [-0.2, -0.15) is 0 Å². The van der Waals surface area contributed by atoms with Crippen molar-refractivity contribution in [1.82, 2.24) is 10.6 Å². The molecule has 2 N–H and O–H groups in total. The molecule has 5 aliphatic rings. The van der Waals surface area contributed by atoms with Gasteiger partial charge in [0.2, 0.25) is 5.91 Å². The van der Waals surface area contributed by atoms with Gasteiger partial charge in [0.05, 0.1) is 6.04 Å². The zero-order valence-corrected chi connectivity index (χ0v) is 12.6. The molecular formula is C17H28N2O. The van der Waals surface area contributed by atoms with Crippen molar-refractivity contribution in [3.8, 4) is 0 Å². The van der Waals surface area contributed by atoms with E-state index in [1.54, 1.807) is 0 Å². The fourth-order valence-electron chi connectivity index (χ4n) is 5.92. The van der Waals surface area contributed by atoms with Crippen molar-refractivity contribution in [2.24, 2.45) is 29.6 Å². The summed E-state index contributed by atoms with van der Waals surface area (Å²) in [5.74, 6) is 4.39. The number of carbonyl (C=O) groups excluding carboxylic acids is 1. The molecule has 5 rings (SSSR count). The minimum Gasteiger partial charge on any atom is -0.351 e. The molecule has 0 aromatic heterocycles. The van der Waals surface area contributed by atoms with Crippen molar-refractivity contribution in [2.45, 2.75) is 64.0 Å². The first-order valence-corrected chi connectivity index (χ1v) is 8.78. The quantitative estimate of drug-likeness (QED) is 0.830. The van der Waals surface area contributed by atoms with Crippen LogP contribution in [0.5, 0.6) is 0 Å². The fraction of sp³-hybridized carbons (Fsp3) is 0.941. The smallest absolute Gasteiger partial charge is 0.237 e. The first-order valence-electron chi connectivity index (χ1n) is 8.78. The number of hydrogen-bond donors (Lipinski definition) is 2. The largest absolute Gasteiger partial charge is 0.351 e. The Kier molecular flexibility index (Phi) is 3.29. The normalized spacial score (nSPS) is 49.5. The van der Waals surface area contributed by atoms with Crippen molar-refractivity contribution >= 4 is 5.91 Å². The van der Waals surface area contributed by atoms with Gasteiger partial charge in [-0.25, -0.2) is 0 Å². The Labute approximate surface area is 122 Å². The van der Waals surface area contributed by atoms with Gasteiger partial charge in [-0.05, 0) is 74.7 Å². The molecule has 5 fully saturated rings. The minimum atomic E-state index is 0.0807. The molecule has 1 amide bonds. The highest BCUT2D eigenvalue weighted by Crippen LogP contribution is 2.53. The summed E-state index contributed by atoms with van der Waals surface area (Å²) in [5, 5.41) is 6.88. The minimum absolute atomic E-state index is 0.0807. The Morgan fingerprint density at radius 2 is 1.75 bits per heavy atom. The van der Waals surface area contributed by atoms with Crippen molar-refractivity contribution in [3.63, 3.8) is 0 Å². The van der Waals surface area contributed by atoms with Crippen molar-refractivity contribution in [2.75, 3.05) is 6.54 Å². The van der Waals surface area contributed by atoms with E-state index in [-0.39, 0.29) is 6.04 Å². The zero-order valence-electron chi connectivity index (χ0n) is 12.6.